The number of halogens is 1. The van der Waals surface area contributed by atoms with Gasteiger partial charge in [-0.3, -0.25) is 10.1 Å². The van der Waals surface area contributed by atoms with Crippen molar-refractivity contribution >= 4 is 21.6 Å². The van der Waals surface area contributed by atoms with Gasteiger partial charge < -0.3 is 10.1 Å². The molecule has 0 aromatic heterocycles. The van der Waals surface area contributed by atoms with Gasteiger partial charge in [-0.2, -0.15) is 0 Å². The molecule has 1 saturated carbocycles. The topological polar surface area (TPSA) is 64.4 Å². The molecule has 19 heavy (non-hydrogen) atoms. The predicted octanol–water partition coefficient (Wildman–Crippen LogP) is 3.27. The Balaban J connectivity index is 1.92. The third-order valence-electron chi connectivity index (χ3n) is 3.19. The number of hydrogen-bond donors (Lipinski definition) is 1. The molecule has 1 aliphatic carbocycles. The van der Waals surface area contributed by atoms with Gasteiger partial charge in [-0.25, -0.2) is 0 Å². The molecule has 0 amide bonds. The van der Waals surface area contributed by atoms with Crippen LogP contribution in [0.25, 0.3) is 0 Å². The summed E-state index contributed by atoms with van der Waals surface area (Å²) in [6, 6.07) is 5.36. The lowest BCUT2D eigenvalue weighted by atomic mass is 9.89. The van der Waals surface area contributed by atoms with Crippen molar-refractivity contribution in [2.75, 3.05) is 6.54 Å². The van der Waals surface area contributed by atoms with Crippen LogP contribution in [0.3, 0.4) is 0 Å². The van der Waals surface area contributed by atoms with E-state index < -0.39 is 4.92 Å². The van der Waals surface area contributed by atoms with Crippen LogP contribution >= 0.6 is 15.9 Å². The summed E-state index contributed by atoms with van der Waals surface area (Å²) < 4.78 is 6.39. The average molecular weight is 329 g/mol. The Morgan fingerprint density at radius 3 is 2.89 bits per heavy atom. The first kappa shape index (κ1) is 14.3. The van der Waals surface area contributed by atoms with E-state index in [1.54, 1.807) is 12.1 Å². The minimum atomic E-state index is -0.411. The number of nitrogens with one attached hydrogen (secondary N) is 1. The summed E-state index contributed by atoms with van der Waals surface area (Å²) in [6.45, 7) is 3.14. The van der Waals surface area contributed by atoms with E-state index in [0.717, 1.165) is 25.8 Å². The quantitative estimate of drug-likeness (QED) is 0.643. The van der Waals surface area contributed by atoms with Gasteiger partial charge in [-0.05, 0) is 37.9 Å². The summed E-state index contributed by atoms with van der Waals surface area (Å²) in [6.07, 6.45) is 3.01. The molecule has 0 aliphatic heterocycles. The van der Waals surface area contributed by atoms with Gasteiger partial charge >= 0.3 is 5.69 Å². The van der Waals surface area contributed by atoms with Gasteiger partial charge in [0.15, 0.2) is 5.75 Å². The molecule has 0 atom stereocenters. The Labute approximate surface area is 120 Å². The van der Waals surface area contributed by atoms with Gasteiger partial charge in [0.05, 0.1) is 4.92 Å². The van der Waals surface area contributed by atoms with Crippen LogP contribution in [0, 0.1) is 10.1 Å². The van der Waals surface area contributed by atoms with Crippen LogP contribution in [0.1, 0.15) is 26.2 Å². The van der Waals surface area contributed by atoms with Gasteiger partial charge in [0.1, 0.15) is 6.10 Å². The number of benzene rings is 1. The fourth-order valence-corrected chi connectivity index (χ4v) is 2.44. The third kappa shape index (κ3) is 3.67. The van der Waals surface area contributed by atoms with E-state index in [0.29, 0.717) is 16.3 Å². The molecule has 6 heteroatoms. The first-order chi connectivity index (χ1) is 9.10. The molecule has 0 saturated heterocycles. The van der Waals surface area contributed by atoms with Crippen molar-refractivity contribution in [1.82, 2.24) is 5.32 Å². The molecule has 0 heterocycles. The smallest absolute Gasteiger partial charge is 0.312 e. The molecule has 0 bridgehead atoms. The molecule has 1 aromatic rings. The highest BCUT2D eigenvalue weighted by molar-refractivity contribution is 9.10. The summed E-state index contributed by atoms with van der Waals surface area (Å²) in [7, 11) is 0. The van der Waals surface area contributed by atoms with E-state index in [2.05, 4.69) is 28.2 Å². The molecule has 1 fully saturated rings. The fourth-order valence-electron chi connectivity index (χ4n) is 2.09. The van der Waals surface area contributed by atoms with E-state index in [1.807, 2.05) is 0 Å². The summed E-state index contributed by atoms with van der Waals surface area (Å²) in [4.78, 5) is 10.5. The van der Waals surface area contributed by atoms with E-state index in [9.17, 15) is 10.1 Å². The molecule has 104 valence electrons. The normalized spacial score (nSPS) is 21.8. The zero-order valence-corrected chi connectivity index (χ0v) is 12.4. The van der Waals surface area contributed by atoms with Crippen LogP contribution in [-0.4, -0.2) is 23.6 Å². The molecule has 0 unspecified atom stereocenters. The van der Waals surface area contributed by atoms with E-state index in [-0.39, 0.29) is 11.8 Å². The minimum Gasteiger partial charge on any atom is -0.483 e. The summed E-state index contributed by atoms with van der Waals surface area (Å²) >= 11 is 3.23. The maximum absolute atomic E-state index is 11.0. The number of rotatable bonds is 6. The number of hydrogen-bond acceptors (Lipinski definition) is 4. The van der Waals surface area contributed by atoms with Crippen LogP contribution in [0.15, 0.2) is 22.7 Å². The zero-order chi connectivity index (χ0) is 13.8. The number of nitrogens with zero attached hydrogens (tertiary/aromatic N) is 1. The van der Waals surface area contributed by atoms with Crippen molar-refractivity contribution < 1.29 is 9.66 Å². The molecule has 1 aliphatic rings. The first-order valence-corrected chi connectivity index (χ1v) is 7.23. The largest absolute Gasteiger partial charge is 0.483 e. The highest BCUT2D eigenvalue weighted by atomic mass is 79.9. The SMILES string of the molecule is CCCNC1CC(Oc2ccc(Br)cc2[N+](=O)[O-])C1. The van der Waals surface area contributed by atoms with E-state index >= 15 is 0 Å². The van der Waals surface area contributed by atoms with Crippen LogP contribution in [0.4, 0.5) is 5.69 Å². The molecule has 0 radical (unpaired) electrons. The molecule has 0 spiro atoms. The van der Waals surface area contributed by atoms with Crippen LogP contribution in [0.2, 0.25) is 0 Å². The number of ether oxygens (including phenoxy) is 1. The third-order valence-corrected chi connectivity index (χ3v) is 3.68. The predicted molar refractivity (Wildman–Crippen MR) is 76.5 cm³/mol. The van der Waals surface area contributed by atoms with Crippen molar-refractivity contribution in [3.05, 3.63) is 32.8 Å². The van der Waals surface area contributed by atoms with Crippen LogP contribution in [0.5, 0.6) is 5.75 Å². The van der Waals surface area contributed by atoms with Gasteiger partial charge in [-0.1, -0.05) is 22.9 Å². The zero-order valence-electron chi connectivity index (χ0n) is 10.8. The Bertz CT molecular complexity index is 461. The van der Waals surface area contributed by atoms with Crippen molar-refractivity contribution in [1.29, 1.82) is 0 Å². The lowest BCUT2D eigenvalue weighted by molar-refractivity contribution is -0.386. The second kappa shape index (κ2) is 6.34. The average Bonchev–Trinajstić information content (AvgIpc) is 2.33. The van der Waals surface area contributed by atoms with Gasteiger partial charge in [0.25, 0.3) is 0 Å². The van der Waals surface area contributed by atoms with Crippen LogP contribution < -0.4 is 10.1 Å². The highest BCUT2D eigenvalue weighted by Gasteiger charge is 2.31. The van der Waals surface area contributed by atoms with Crippen molar-refractivity contribution in [3.8, 4) is 5.75 Å². The van der Waals surface area contributed by atoms with Crippen LogP contribution in [-0.2, 0) is 0 Å². The minimum absolute atomic E-state index is 0.0133. The molecular formula is C13H17BrN2O3. The Morgan fingerprint density at radius 2 is 2.26 bits per heavy atom. The maximum Gasteiger partial charge on any atom is 0.312 e. The standard InChI is InChI=1S/C13H17BrN2O3/c1-2-5-15-10-7-11(8-10)19-13-4-3-9(14)6-12(13)16(17)18/h3-4,6,10-11,15H,2,5,7-8H2,1H3. The Morgan fingerprint density at radius 1 is 1.53 bits per heavy atom. The second-order valence-corrected chi connectivity index (χ2v) is 5.65. The lowest BCUT2D eigenvalue weighted by Gasteiger charge is -2.35. The molecule has 2 rings (SSSR count). The summed E-state index contributed by atoms with van der Waals surface area (Å²) in [5.74, 6) is 0.354. The first-order valence-electron chi connectivity index (χ1n) is 6.44. The van der Waals surface area contributed by atoms with Gasteiger partial charge in [0, 0.05) is 16.6 Å². The molecule has 1 N–H and O–H groups in total. The highest BCUT2D eigenvalue weighted by Crippen LogP contribution is 2.34. The summed E-state index contributed by atoms with van der Waals surface area (Å²) in [5, 5.41) is 14.4. The van der Waals surface area contributed by atoms with Crippen molar-refractivity contribution in [2.45, 2.75) is 38.3 Å². The number of nitro benzene ring substituents is 1. The van der Waals surface area contributed by atoms with E-state index in [1.165, 1.54) is 6.07 Å². The Hall–Kier alpha value is -1.14. The fraction of sp³-hybridized carbons (Fsp3) is 0.538. The Kier molecular flexibility index (Phi) is 4.76. The monoisotopic (exact) mass is 328 g/mol. The van der Waals surface area contributed by atoms with Crippen molar-refractivity contribution in [2.24, 2.45) is 0 Å². The van der Waals surface area contributed by atoms with Gasteiger partial charge in [0.2, 0.25) is 0 Å². The van der Waals surface area contributed by atoms with Crippen molar-refractivity contribution in [3.63, 3.8) is 0 Å². The molecule has 1 aromatic carbocycles. The van der Waals surface area contributed by atoms with E-state index in [4.69, 9.17) is 4.74 Å². The second-order valence-electron chi connectivity index (χ2n) is 4.73. The number of nitro groups is 1. The molecule has 5 nitrogen and oxygen atoms in total. The van der Waals surface area contributed by atoms with Gasteiger partial charge in [-0.15, -0.1) is 0 Å². The molecular weight excluding hydrogens is 312 g/mol. The maximum atomic E-state index is 11.0. The lowest BCUT2D eigenvalue weighted by Crippen LogP contribution is -2.47. The summed E-state index contributed by atoms with van der Waals surface area (Å²) in [5.41, 5.74) is 0.0133.